The molecule has 2 N–H and O–H groups in total. The monoisotopic (exact) mass is 286 g/mol. The maximum absolute atomic E-state index is 11.6. The Morgan fingerprint density at radius 3 is 2.35 bits per heavy atom. The molecule has 1 atom stereocenters. The summed E-state index contributed by atoms with van der Waals surface area (Å²) in [6.45, 7) is 8.51. The van der Waals surface area contributed by atoms with Crippen LogP contribution in [0.15, 0.2) is 0 Å². The summed E-state index contributed by atoms with van der Waals surface area (Å²) in [4.78, 5) is 26.4. The van der Waals surface area contributed by atoms with Crippen molar-refractivity contribution in [1.29, 1.82) is 0 Å². The molecule has 0 aromatic heterocycles. The molecule has 1 amide bonds. The molecular formula is C14H26N2O4. The number of carboxylic acids is 1. The number of nitrogens with zero attached hydrogens (tertiary/aromatic N) is 2. The lowest BCUT2D eigenvalue weighted by molar-refractivity contribution is -0.143. The SMILES string of the molecule is CC(C)(C)CCN1CCN(C(=O)CO)CC(C(=O)O)C1. The normalized spacial score (nSPS) is 21.6. The van der Waals surface area contributed by atoms with Crippen molar-refractivity contribution in [2.75, 3.05) is 39.3 Å². The van der Waals surface area contributed by atoms with Gasteiger partial charge in [0.05, 0.1) is 5.92 Å². The van der Waals surface area contributed by atoms with Crippen molar-refractivity contribution < 1.29 is 19.8 Å². The lowest BCUT2D eigenvalue weighted by Crippen LogP contribution is -2.39. The second-order valence-corrected chi connectivity index (χ2v) is 6.64. The van der Waals surface area contributed by atoms with Gasteiger partial charge in [-0.15, -0.1) is 0 Å². The van der Waals surface area contributed by atoms with E-state index in [-0.39, 0.29) is 12.0 Å². The van der Waals surface area contributed by atoms with Crippen LogP contribution in [0.3, 0.4) is 0 Å². The molecule has 6 heteroatoms. The minimum Gasteiger partial charge on any atom is -0.481 e. The fourth-order valence-electron chi connectivity index (χ4n) is 2.26. The molecule has 0 bridgehead atoms. The quantitative estimate of drug-likeness (QED) is 0.775. The Bertz CT molecular complexity index is 352. The van der Waals surface area contributed by atoms with Crippen LogP contribution in [0.25, 0.3) is 0 Å². The molecule has 1 saturated heterocycles. The van der Waals surface area contributed by atoms with Crippen LogP contribution in [0.4, 0.5) is 0 Å². The average molecular weight is 286 g/mol. The van der Waals surface area contributed by atoms with E-state index in [9.17, 15) is 14.7 Å². The molecule has 1 aliphatic rings. The van der Waals surface area contributed by atoms with Gasteiger partial charge in [0.1, 0.15) is 6.61 Å². The maximum atomic E-state index is 11.6. The fourth-order valence-corrected chi connectivity index (χ4v) is 2.26. The van der Waals surface area contributed by atoms with Crippen LogP contribution < -0.4 is 0 Å². The molecule has 1 heterocycles. The van der Waals surface area contributed by atoms with Gasteiger partial charge in [-0.25, -0.2) is 0 Å². The standard InChI is InChI=1S/C14H26N2O4/c1-14(2,3)4-5-15-6-7-16(12(18)10-17)9-11(8-15)13(19)20/h11,17H,4-10H2,1-3H3,(H,19,20). The largest absolute Gasteiger partial charge is 0.481 e. The van der Waals surface area contributed by atoms with Crippen molar-refractivity contribution in [3.8, 4) is 0 Å². The van der Waals surface area contributed by atoms with Crippen LogP contribution >= 0.6 is 0 Å². The number of hydrogen-bond acceptors (Lipinski definition) is 4. The average Bonchev–Trinajstić information content (AvgIpc) is 2.57. The van der Waals surface area contributed by atoms with E-state index < -0.39 is 24.4 Å². The third-order valence-corrected chi connectivity index (χ3v) is 3.62. The second kappa shape index (κ2) is 7.04. The van der Waals surface area contributed by atoms with Crippen molar-refractivity contribution in [1.82, 2.24) is 9.80 Å². The number of aliphatic carboxylic acids is 1. The highest BCUT2D eigenvalue weighted by molar-refractivity contribution is 5.78. The molecular weight excluding hydrogens is 260 g/mol. The number of hydrogen-bond donors (Lipinski definition) is 2. The van der Waals surface area contributed by atoms with Gasteiger partial charge in [-0.3, -0.25) is 9.59 Å². The summed E-state index contributed by atoms with van der Waals surface area (Å²) in [6, 6.07) is 0. The molecule has 0 spiro atoms. The van der Waals surface area contributed by atoms with Gasteiger partial charge in [-0.2, -0.15) is 0 Å². The van der Waals surface area contributed by atoms with Gasteiger partial charge in [0.2, 0.25) is 5.91 Å². The molecule has 116 valence electrons. The molecule has 1 unspecified atom stereocenters. The molecule has 6 nitrogen and oxygen atoms in total. The van der Waals surface area contributed by atoms with E-state index in [1.54, 1.807) is 0 Å². The van der Waals surface area contributed by atoms with Crippen LogP contribution in [0.2, 0.25) is 0 Å². The number of rotatable bonds is 4. The number of aliphatic hydroxyl groups excluding tert-OH is 1. The first-order valence-electron chi connectivity index (χ1n) is 7.07. The van der Waals surface area contributed by atoms with E-state index in [2.05, 4.69) is 25.7 Å². The minimum atomic E-state index is -0.886. The van der Waals surface area contributed by atoms with Crippen molar-refractivity contribution in [3.63, 3.8) is 0 Å². The summed E-state index contributed by atoms with van der Waals surface area (Å²) >= 11 is 0. The van der Waals surface area contributed by atoms with Gasteiger partial charge in [-0.05, 0) is 18.4 Å². The van der Waals surface area contributed by atoms with Gasteiger partial charge in [0.25, 0.3) is 0 Å². The molecule has 0 aliphatic carbocycles. The van der Waals surface area contributed by atoms with Gasteiger partial charge in [0.15, 0.2) is 0 Å². The highest BCUT2D eigenvalue weighted by Crippen LogP contribution is 2.20. The lowest BCUT2D eigenvalue weighted by Gasteiger charge is -2.26. The summed E-state index contributed by atoms with van der Waals surface area (Å²) in [7, 11) is 0. The molecule has 20 heavy (non-hydrogen) atoms. The van der Waals surface area contributed by atoms with Gasteiger partial charge in [-0.1, -0.05) is 20.8 Å². The van der Waals surface area contributed by atoms with Crippen LogP contribution in [0.5, 0.6) is 0 Å². The van der Waals surface area contributed by atoms with E-state index >= 15 is 0 Å². The zero-order valence-electron chi connectivity index (χ0n) is 12.6. The Kier molecular flexibility index (Phi) is 5.95. The molecule has 0 saturated carbocycles. The number of carbonyl (C=O) groups excluding carboxylic acids is 1. The molecule has 0 aromatic rings. The van der Waals surface area contributed by atoms with E-state index in [1.807, 2.05) is 0 Å². The number of amides is 1. The first-order valence-corrected chi connectivity index (χ1v) is 7.07. The van der Waals surface area contributed by atoms with Crippen LogP contribution in [-0.2, 0) is 9.59 Å². The zero-order valence-corrected chi connectivity index (χ0v) is 12.6. The highest BCUT2D eigenvalue weighted by Gasteiger charge is 2.29. The summed E-state index contributed by atoms with van der Waals surface area (Å²) < 4.78 is 0. The smallest absolute Gasteiger partial charge is 0.309 e. The second-order valence-electron chi connectivity index (χ2n) is 6.64. The van der Waals surface area contributed by atoms with Crippen molar-refractivity contribution in [3.05, 3.63) is 0 Å². The van der Waals surface area contributed by atoms with Gasteiger partial charge in [0, 0.05) is 26.2 Å². The number of carboxylic acid groups (broad SMARTS) is 1. The van der Waals surface area contributed by atoms with Crippen LogP contribution in [0.1, 0.15) is 27.2 Å². The lowest BCUT2D eigenvalue weighted by atomic mass is 9.92. The Hall–Kier alpha value is -1.14. The third-order valence-electron chi connectivity index (χ3n) is 3.62. The Morgan fingerprint density at radius 2 is 1.85 bits per heavy atom. The van der Waals surface area contributed by atoms with Gasteiger partial charge < -0.3 is 20.0 Å². The predicted molar refractivity (Wildman–Crippen MR) is 75.3 cm³/mol. The summed E-state index contributed by atoms with van der Waals surface area (Å²) in [5.74, 6) is -1.87. The molecule has 0 aromatic carbocycles. The number of aliphatic hydroxyl groups is 1. The van der Waals surface area contributed by atoms with Gasteiger partial charge >= 0.3 is 5.97 Å². The first kappa shape index (κ1) is 16.9. The molecule has 1 rings (SSSR count). The molecule has 1 aliphatic heterocycles. The maximum Gasteiger partial charge on any atom is 0.309 e. The van der Waals surface area contributed by atoms with E-state index in [4.69, 9.17) is 5.11 Å². The Morgan fingerprint density at radius 1 is 1.20 bits per heavy atom. The third kappa shape index (κ3) is 5.46. The van der Waals surface area contributed by atoms with Crippen molar-refractivity contribution >= 4 is 11.9 Å². The summed E-state index contributed by atoms with van der Waals surface area (Å²) in [6.07, 6.45) is 0.979. The highest BCUT2D eigenvalue weighted by atomic mass is 16.4. The summed E-state index contributed by atoms with van der Waals surface area (Å²) in [5, 5.41) is 18.2. The van der Waals surface area contributed by atoms with Crippen molar-refractivity contribution in [2.24, 2.45) is 11.3 Å². The van der Waals surface area contributed by atoms with Crippen LogP contribution in [-0.4, -0.2) is 71.2 Å². The van der Waals surface area contributed by atoms with E-state index in [0.29, 0.717) is 19.6 Å². The summed E-state index contributed by atoms with van der Waals surface area (Å²) in [5.41, 5.74) is 0.200. The topological polar surface area (TPSA) is 81.1 Å². The van der Waals surface area contributed by atoms with Crippen LogP contribution in [0, 0.1) is 11.3 Å². The Labute approximate surface area is 120 Å². The molecule has 1 fully saturated rings. The first-order chi connectivity index (χ1) is 9.23. The van der Waals surface area contributed by atoms with E-state index in [1.165, 1.54) is 4.90 Å². The predicted octanol–water partition coefficient (Wildman–Crippen LogP) is 0.260. The molecule has 0 radical (unpaired) electrons. The number of carbonyl (C=O) groups is 2. The minimum absolute atomic E-state index is 0.181. The fraction of sp³-hybridized carbons (Fsp3) is 0.857. The van der Waals surface area contributed by atoms with Crippen molar-refractivity contribution in [2.45, 2.75) is 27.2 Å². The Balaban J connectivity index is 2.67. The van der Waals surface area contributed by atoms with E-state index in [0.717, 1.165) is 13.0 Å². The zero-order chi connectivity index (χ0) is 15.3.